The number of fused-ring (bicyclic) bond motifs is 4. The fraction of sp³-hybridized carbons (Fsp3) is 0.515. The van der Waals surface area contributed by atoms with Crippen molar-refractivity contribution >= 4 is 11.3 Å². The number of piperazine rings is 1. The third kappa shape index (κ3) is 5.27. The molecule has 4 unspecified atom stereocenters. The number of pyridine rings is 2. The summed E-state index contributed by atoms with van der Waals surface area (Å²) in [5.41, 5.74) is 5.19. The van der Waals surface area contributed by atoms with Crippen molar-refractivity contribution in [1.82, 2.24) is 39.7 Å². The van der Waals surface area contributed by atoms with Crippen molar-refractivity contribution in [2.24, 2.45) is 5.92 Å². The number of ether oxygens (including phenoxy) is 2. The van der Waals surface area contributed by atoms with Gasteiger partial charge in [0.2, 0.25) is 5.88 Å². The van der Waals surface area contributed by atoms with Gasteiger partial charge < -0.3 is 19.7 Å². The number of likely N-dealkylation sites (tertiary alicyclic amines) is 1. The lowest BCUT2D eigenvalue weighted by atomic mass is 9.87. The van der Waals surface area contributed by atoms with Gasteiger partial charge in [0, 0.05) is 68.7 Å². The molecule has 5 aliphatic heterocycles. The highest BCUT2D eigenvalue weighted by Crippen LogP contribution is 2.36. The van der Waals surface area contributed by atoms with E-state index in [2.05, 4.69) is 49.2 Å². The van der Waals surface area contributed by atoms with E-state index in [1.165, 1.54) is 31.4 Å². The number of hydrogen-bond acceptors (Lipinski definition) is 10. The summed E-state index contributed by atoms with van der Waals surface area (Å²) in [6, 6.07) is 7.89. The van der Waals surface area contributed by atoms with Crippen molar-refractivity contribution in [1.29, 1.82) is 0 Å². The minimum atomic E-state index is 0.515. The predicted octanol–water partition coefficient (Wildman–Crippen LogP) is 3.03. The Labute approximate surface area is 258 Å². The zero-order chi connectivity index (χ0) is 29.6. The molecule has 5 saturated heterocycles. The Kier molecular flexibility index (Phi) is 7.31. The van der Waals surface area contributed by atoms with Crippen LogP contribution in [0.5, 0.6) is 11.6 Å². The lowest BCUT2D eigenvalue weighted by Crippen LogP contribution is -2.68. The average Bonchev–Trinajstić information content (AvgIpc) is 3.69. The standard InChI is InChI=1S/C33H41N9O2/c1-22-13-38-42-21-27(44-10-9-39-8-6-29-24(18-39)5-7-34-29)12-28(33(22)42)30-15-36-31(16-35-30)40-19-25-11-26(20-40)41(25)17-23-3-4-32(43-2)37-14-23/h3-4,12-16,21,24-26,29,34H,5-11,17-20H2,1-2H3. The highest BCUT2D eigenvalue weighted by atomic mass is 16.5. The molecule has 230 valence electrons. The zero-order valence-electron chi connectivity index (χ0n) is 25.6. The van der Waals surface area contributed by atoms with Gasteiger partial charge in [-0.05, 0) is 62.4 Å². The lowest BCUT2D eigenvalue weighted by Gasteiger charge is -2.56. The van der Waals surface area contributed by atoms with Crippen LogP contribution in [-0.2, 0) is 6.54 Å². The van der Waals surface area contributed by atoms with E-state index in [-0.39, 0.29) is 0 Å². The number of anilines is 1. The van der Waals surface area contributed by atoms with Gasteiger partial charge in [-0.3, -0.25) is 14.8 Å². The number of aryl methyl sites for hydroxylation is 1. The Morgan fingerprint density at radius 1 is 1.00 bits per heavy atom. The molecule has 11 nitrogen and oxygen atoms in total. The summed E-state index contributed by atoms with van der Waals surface area (Å²) in [5.74, 6) is 3.18. The van der Waals surface area contributed by atoms with Crippen LogP contribution in [0.25, 0.3) is 16.8 Å². The second-order valence-corrected chi connectivity index (χ2v) is 12.8. The van der Waals surface area contributed by atoms with Crippen LogP contribution in [0.2, 0.25) is 0 Å². The van der Waals surface area contributed by atoms with Crippen molar-refractivity contribution < 1.29 is 9.47 Å². The van der Waals surface area contributed by atoms with Crippen molar-refractivity contribution in [2.45, 2.75) is 50.9 Å². The van der Waals surface area contributed by atoms with E-state index in [4.69, 9.17) is 19.4 Å². The van der Waals surface area contributed by atoms with Gasteiger partial charge in [0.25, 0.3) is 0 Å². The first kappa shape index (κ1) is 27.7. The van der Waals surface area contributed by atoms with Crippen LogP contribution in [0.15, 0.2) is 49.2 Å². The first-order valence-electron chi connectivity index (χ1n) is 16.0. The van der Waals surface area contributed by atoms with E-state index >= 15 is 0 Å². The maximum absolute atomic E-state index is 6.31. The maximum atomic E-state index is 6.31. The summed E-state index contributed by atoms with van der Waals surface area (Å²) >= 11 is 0. The van der Waals surface area contributed by atoms with Crippen molar-refractivity contribution in [3.8, 4) is 22.9 Å². The molecule has 4 aromatic rings. The van der Waals surface area contributed by atoms with Crippen LogP contribution in [0, 0.1) is 12.8 Å². The Balaban J connectivity index is 0.928. The molecule has 0 saturated carbocycles. The molecule has 0 aliphatic carbocycles. The molecule has 9 rings (SSSR count). The number of nitrogens with one attached hydrogen (secondary N) is 1. The SMILES string of the molecule is COc1ccc(CN2C3CC2CN(c2cnc(-c4cc(OCCN5CCC6NCCC6C5)cn5ncc(C)c45)cn2)C3)cn1. The summed E-state index contributed by atoms with van der Waals surface area (Å²) in [5, 5.41) is 8.25. The quantitative estimate of drug-likeness (QED) is 0.311. The first-order chi connectivity index (χ1) is 21.6. The number of hydrogen-bond donors (Lipinski definition) is 1. The number of methoxy groups -OCH3 is 1. The minimum Gasteiger partial charge on any atom is -0.491 e. The van der Waals surface area contributed by atoms with E-state index in [0.717, 1.165) is 79.1 Å². The van der Waals surface area contributed by atoms with E-state index in [1.807, 2.05) is 41.6 Å². The molecule has 4 aromatic heterocycles. The van der Waals surface area contributed by atoms with E-state index in [9.17, 15) is 0 Å². The normalized spacial score (nSPS) is 25.2. The zero-order valence-corrected chi connectivity index (χ0v) is 25.6. The average molecular weight is 596 g/mol. The molecular weight excluding hydrogens is 554 g/mol. The van der Waals surface area contributed by atoms with E-state index < -0.39 is 0 Å². The molecule has 9 heterocycles. The molecule has 0 amide bonds. The summed E-state index contributed by atoms with van der Waals surface area (Å²) in [4.78, 5) is 21.7. The molecule has 0 aromatic carbocycles. The molecule has 5 aliphatic rings. The number of nitrogens with zero attached hydrogens (tertiary/aromatic N) is 8. The lowest BCUT2D eigenvalue weighted by molar-refractivity contribution is -0.00879. The Bertz CT molecular complexity index is 1600. The Morgan fingerprint density at radius 2 is 1.91 bits per heavy atom. The molecule has 1 N–H and O–H groups in total. The van der Waals surface area contributed by atoms with Crippen molar-refractivity contribution in [2.75, 3.05) is 57.9 Å². The van der Waals surface area contributed by atoms with Gasteiger partial charge in [0.05, 0.1) is 43.1 Å². The van der Waals surface area contributed by atoms with Crippen LogP contribution in [0.1, 0.15) is 30.4 Å². The van der Waals surface area contributed by atoms with Crippen molar-refractivity contribution in [3.05, 3.63) is 60.3 Å². The molecule has 5 fully saturated rings. The smallest absolute Gasteiger partial charge is 0.212 e. The second-order valence-electron chi connectivity index (χ2n) is 12.8. The van der Waals surface area contributed by atoms with Crippen LogP contribution in [-0.4, -0.2) is 105 Å². The summed E-state index contributed by atoms with van der Waals surface area (Å²) in [6.07, 6.45) is 13.4. The second kappa shape index (κ2) is 11.6. The van der Waals surface area contributed by atoms with Gasteiger partial charge in [-0.2, -0.15) is 5.10 Å². The Hall–Kier alpha value is -3.80. The minimum absolute atomic E-state index is 0.515. The fourth-order valence-electron chi connectivity index (χ4n) is 7.74. The maximum Gasteiger partial charge on any atom is 0.212 e. The summed E-state index contributed by atoms with van der Waals surface area (Å²) in [6.45, 7) is 9.98. The molecule has 2 bridgehead atoms. The number of rotatable bonds is 9. The van der Waals surface area contributed by atoms with Gasteiger partial charge in [-0.25, -0.2) is 14.5 Å². The third-order valence-corrected chi connectivity index (χ3v) is 10.1. The van der Waals surface area contributed by atoms with Crippen molar-refractivity contribution in [3.63, 3.8) is 0 Å². The fourth-order valence-corrected chi connectivity index (χ4v) is 7.74. The van der Waals surface area contributed by atoms with Crippen LogP contribution in [0.3, 0.4) is 0 Å². The molecule has 0 radical (unpaired) electrons. The Morgan fingerprint density at radius 3 is 2.70 bits per heavy atom. The van der Waals surface area contributed by atoms with Gasteiger partial charge >= 0.3 is 0 Å². The third-order valence-electron chi connectivity index (χ3n) is 10.1. The van der Waals surface area contributed by atoms with E-state index in [1.54, 1.807) is 7.11 Å². The number of piperidine rings is 2. The summed E-state index contributed by atoms with van der Waals surface area (Å²) in [7, 11) is 1.65. The highest BCUT2D eigenvalue weighted by Gasteiger charge is 2.44. The van der Waals surface area contributed by atoms with Gasteiger partial charge in [-0.1, -0.05) is 6.07 Å². The van der Waals surface area contributed by atoms with E-state index in [0.29, 0.717) is 30.6 Å². The topological polar surface area (TPSA) is 96.2 Å². The molecule has 44 heavy (non-hydrogen) atoms. The van der Waals surface area contributed by atoms with Crippen LogP contribution < -0.4 is 19.7 Å². The summed E-state index contributed by atoms with van der Waals surface area (Å²) < 4.78 is 13.4. The predicted molar refractivity (Wildman–Crippen MR) is 168 cm³/mol. The first-order valence-corrected chi connectivity index (χ1v) is 16.0. The van der Waals surface area contributed by atoms with Gasteiger partial charge in [-0.15, -0.1) is 0 Å². The van der Waals surface area contributed by atoms with Gasteiger partial charge in [0.1, 0.15) is 18.2 Å². The molecule has 0 spiro atoms. The highest BCUT2D eigenvalue weighted by molar-refractivity contribution is 5.81. The molecular formula is C33H41N9O2. The van der Waals surface area contributed by atoms with Crippen LogP contribution >= 0.6 is 0 Å². The monoisotopic (exact) mass is 595 g/mol. The van der Waals surface area contributed by atoms with Crippen LogP contribution in [0.4, 0.5) is 5.82 Å². The largest absolute Gasteiger partial charge is 0.491 e. The molecule has 11 heteroatoms. The molecule has 4 atom stereocenters. The van der Waals surface area contributed by atoms with Gasteiger partial charge in [0.15, 0.2) is 0 Å². The number of aromatic nitrogens is 5.